The number of carbonyl (C=O) groups is 2. The van der Waals surface area contributed by atoms with E-state index in [-0.39, 0.29) is 11.8 Å². The van der Waals surface area contributed by atoms with Crippen molar-refractivity contribution in [1.29, 1.82) is 0 Å². The van der Waals surface area contributed by atoms with Crippen molar-refractivity contribution in [2.75, 3.05) is 40.5 Å². The number of aliphatic carboxylic acids is 1. The minimum atomic E-state index is -0.869. The van der Waals surface area contributed by atoms with Gasteiger partial charge < -0.3 is 19.5 Å². The predicted molar refractivity (Wildman–Crippen MR) is 73.3 cm³/mol. The summed E-state index contributed by atoms with van der Waals surface area (Å²) in [5, 5.41) is 9.26. The number of carbonyl (C=O) groups excluding carboxylic acids is 1. The van der Waals surface area contributed by atoms with Crippen molar-refractivity contribution in [2.24, 2.45) is 17.8 Å². The number of hydrogen-bond acceptors (Lipinski definition) is 4. The summed E-state index contributed by atoms with van der Waals surface area (Å²) in [6, 6.07) is 0. The molecule has 1 fully saturated rings. The topological polar surface area (TPSA) is 76.1 Å². The van der Waals surface area contributed by atoms with Gasteiger partial charge in [0.05, 0.1) is 25.0 Å². The predicted octanol–water partition coefficient (Wildman–Crippen LogP) is 0.855. The van der Waals surface area contributed by atoms with Gasteiger partial charge in [0.15, 0.2) is 0 Å². The first kappa shape index (κ1) is 16.9. The van der Waals surface area contributed by atoms with E-state index in [0.29, 0.717) is 39.1 Å². The van der Waals surface area contributed by atoms with Gasteiger partial charge in [0, 0.05) is 27.3 Å². The zero-order chi connectivity index (χ0) is 15.1. The van der Waals surface area contributed by atoms with E-state index >= 15 is 0 Å². The molecule has 1 N–H and O–H groups in total. The average Bonchev–Trinajstić information content (AvgIpc) is 2.80. The lowest BCUT2D eigenvalue weighted by Crippen LogP contribution is -2.42. The standard InChI is InChI=1S/C14H25NO5/c1-10-8-11(12(9-10)14(17)18)13(16)15(4-6-19-2)5-7-20-3/h10-12H,4-9H2,1-3H3,(H,17,18)/t10?,11-,12+/m0/s1. The molecule has 1 saturated carbocycles. The van der Waals surface area contributed by atoms with Crippen LogP contribution in [0.15, 0.2) is 0 Å². The Morgan fingerprint density at radius 2 is 1.60 bits per heavy atom. The van der Waals surface area contributed by atoms with Gasteiger partial charge in [-0.2, -0.15) is 0 Å². The van der Waals surface area contributed by atoms with Crippen molar-refractivity contribution in [1.82, 2.24) is 4.90 Å². The van der Waals surface area contributed by atoms with Gasteiger partial charge in [0.2, 0.25) is 5.91 Å². The molecule has 116 valence electrons. The largest absolute Gasteiger partial charge is 0.481 e. The van der Waals surface area contributed by atoms with E-state index in [9.17, 15) is 14.7 Å². The summed E-state index contributed by atoms with van der Waals surface area (Å²) in [5.74, 6) is -1.67. The Labute approximate surface area is 120 Å². The van der Waals surface area contributed by atoms with Gasteiger partial charge in [0.1, 0.15) is 0 Å². The van der Waals surface area contributed by atoms with Crippen LogP contribution in [-0.4, -0.2) is 62.4 Å². The van der Waals surface area contributed by atoms with E-state index < -0.39 is 17.8 Å². The first-order valence-corrected chi connectivity index (χ1v) is 7.00. The second-order valence-electron chi connectivity index (χ2n) is 5.44. The summed E-state index contributed by atoms with van der Waals surface area (Å²) in [6.45, 7) is 3.81. The van der Waals surface area contributed by atoms with Crippen LogP contribution in [0.1, 0.15) is 19.8 Å². The lowest BCUT2D eigenvalue weighted by atomic mass is 9.94. The third-order valence-electron chi connectivity index (χ3n) is 3.88. The molecule has 1 aliphatic carbocycles. The summed E-state index contributed by atoms with van der Waals surface area (Å²) in [7, 11) is 3.16. The van der Waals surface area contributed by atoms with Crippen LogP contribution < -0.4 is 0 Å². The van der Waals surface area contributed by atoms with E-state index in [1.807, 2.05) is 6.92 Å². The monoisotopic (exact) mass is 287 g/mol. The number of hydrogen-bond donors (Lipinski definition) is 1. The second kappa shape index (κ2) is 8.21. The molecule has 3 atom stereocenters. The van der Waals surface area contributed by atoms with Crippen LogP contribution in [0, 0.1) is 17.8 Å². The van der Waals surface area contributed by atoms with Gasteiger partial charge in [-0.1, -0.05) is 6.92 Å². The molecule has 1 unspecified atom stereocenters. The van der Waals surface area contributed by atoms with Gasteiger partial charge in [-0.15, -0.1) is 0 Å². The number of rotatable bonds is 8. The molecule has 6 nitrogen and oxygen atoms in total. The quantitative estimate of drug-likeness (QED) is 0.716. The molecule has 0 aromatic heterocycles. The molecule has 0 aromatic rings. The number of methoxy groups -OCH3 is 2. The Morgan fingerprint density at radius 3 is 2.05 bits per heavy atom. The third-order valence-corrected chi connectivity index (χ3v) is 3.88. The minimum absolute atomic E-state index is 0.0872. The zero-order valence-corrected chi connectivity index (χ0v) is 12.5. The van der Waals surface area contributed by atoms with Gasteiger partial charge in [-0.3, -0.25) is 9.59 Å². The Bertz CT molecular complexity index is 326. The summed E-state index contributed by atoms with van der Waals surface area (Å²) in [6.07, 6.45) is 1.22. The van der Waals surface area contributed by atoms with Crippen LogP contribution in [0.3, 0.4) is 0 Å². The first-order chi connectivity index (χ1) is 9.51. The summed E-state index contributed by atoms with van der Waals surface area (Å²) in [5.41, 5.74) is 0. The number of carboxylic acids is 1. The number of carboxylic acid groups (broad SMARTS) is 1. The highest BCUT2D eigenvalue weighted by Crippen LogP contribution is 2.37. The van der Waals surface area contributed by atoms with Crippen molar-refractivity contribution in [3.63, 3.8) is 0 Å². The molecule has 0 aliphatic heterocycles. The maximum absolute atomic E-state index is 12.6. The maximum atomic E-state index is 12.6. The first-order valence-electron chi connectivity index (χ1n) is 7.00. The molecule has 0 radical (unpaired) electrons. The van der Waals surface area contributed by atoms with E-state index in [1.165, 1.54) is 0 Å². The smallest absolute Gasteiger partial charge is 0.307 e. The minimum Gasteiger partial charge on any atom is -0.481 e. The molecule has 1 amide bonds. The molecule has 20 heavy (non-hydrogen) atoms. The molecular formula is C14H25NO5. The van der Waals surface area contributed by atoms with Crippen LogP contribution >= 0.6 is 0 Å². The van der Waals surface area contributed by atoms with Crippen molar-refractivity contribution in [2.45, 2.75) is 19.8 Å². The van der Waals surface area contributed by atoms with Crippen LogP contribution in [0.2, 0.25) is 0 Å². The molecule has 0 aromatic carbocycles. The van der Waals surface area contributed by atoms with Gasteiger partial charge >= 0.3 is 5.97 Å². The molecule has 1 rings (SSSR count). The van der Waals surface area contributed by atoms with Crippen molar-refractivity contribution in [3.05, 3.63) is 0 Å². The molecular weight excluding hydrogens is 262 g/mol. The van der Waals surface area contributed by atoms with Crippen LogP contribution in [0.5, 0.6) is 0 Å². The zero-order valence-electron chi connectivity index (χ0n) is 12.5. The summed E-state index contributed by atoms with van der Waals surface area (Å²) < 4.78 is 10.0. The van der Waals surface area contributed by atoms with E-state index in [1.54, 1.807) is 19.1 Å². The van der Waals surface area contributed by atoms with Crippen LogP contribution in [0.25, 0.3) is 0 Å². The fourth-order valence-electron chi connectivity index (χ4n) is 2.81. The van der Waals surface area contributed by atoms with Gasteiger partial charge in [-0.25, -0.2) is 0 Å². The summed E-state index contributed by atoms with van der Waals surface area (Å²) in [4.78, 5) is 25.5. The second-order valence-corrected chi connectivity index (χ2v) is 5.44. The highest BCUT2D eigenvalue weighted by Gasteiger charge is 2.42. The van der Waals surface area contributed by atoms with E-state index in [0.717, 1.165) is 0 Å². The molecule has 0 bridgehead atoms. The Kier molecular flexibility index (Phi) is 6.95. The summed E-state index contributed by atoms with van der Waals surface area (Å²) >= 11 is 0. The molecule has 0 heterocycles. The lowest BCUT2D eigenvalue weighted by Gasteiger charge is -2.27. The highest BCUT2D eigenvalue weighted by molar-refractivity contribution is 5.85. The molecule has 0 saturated heterocycles. The number of ether oxygens (including phenoxy) is 2. The normalized spacial score (nSPS) is 25.6. The fraction of sp³-hybridized carbons (Fsp3) is 0.857. The SMILES string of the molecule is COCCN(CCOC)C(=O)[C@H]1CC(C)C[C@H]1C(=O)O. The van der Waals surface area contributed by atoms with E-state index in [2.05, 4.69) is 0 Å². The number of amides is 1. The molecule has 1 aliphatic rings. The van der Waals surface area contributed by atoms with Crippen molar-refractivity contribution < 1.29 is 24.2 Å². The molecule has 0 spiro atoms. The fourth-order valence-corrected chi connectivity index (χ4v) is 2.81. The lowest BCUT2D eigenvalue weighted by molar-refractivity contribution is -0.149. The third kappa shape index (κ3) is 4.45. The van der Waals surface area contributed by atoms with Crippen LogP contribution in [0.4, 0.5) is 0 Å². The Morgan fingerprint density at radius 1 is 1.10 bits per heavy atom. The molecule has 6 heteroatoms. The Hall–Kier alpha value is -1.14. The van der Waals surface area contributed by atoms with E-state index in [4.69, 9.17) is 9.47 Å². The van der Waals surface area contributed by atoms with Gasteiger partial charge in [-0.05, 0) is 18.8 Å². The Balaban J connectivity index is 2.73. The van der Waals surface area contributed by atoms with Crippen molar-refractivity contribution >= 4 is 11.9 Å². The maximum Gasteiger partial charge on any atom is 0.307 e. The number of nitrogens with zero attached hydrogens (tertiary/aromatic N) is 1. The average molecular weight is 287 g/mol. The van der Waals surface area contributed by atoms with Crippen molar-refractivity contribution in [3.8, 4) is 0 Å². The highest BCUT2D eigenvalue weighted by atomic mass is 16.5. The van der Waals surface area contributed by atoms with Gasteiger partial charge in [0.25, 0.3) is 0 Å². The van der Waals surface area contributed by atoms with Crippen LogP contribution in [-0.2, 0) is 19.1 Å².